The highest BCUT2D eigenvalue weighted by atomic mass is 15.1. The number of nitrogens with zero attached hydrogens (tertiary/aromatic N) is 1. The molecule has 350 valence electrons. The van der Waals surface area contributed by atoms with Gasteiger partial charge in [0.25, 0.3) is 0 Å². The average Bonchev–Trinajstić information content (AvgIpc) is 3.86. The molecular weight excluding hydrogens is 879 g/mol. The Morgan fingerprint density at radius 2 is 0.795 bits per heavy atom. The number of benzene rings is 11. The number of anilines is 3. The molecule has 0 bridgehead atoms. The van der Waals surface area contributed by atoms with E-state index in [0.29, 0.717) is 0 Å². The summed E-state index contributed by atoms with van der Waals surface area (Å²) in [5.41, 5.74) is 24.4. The van der Waals surface area contributed by atoms with E-state index in [1.165, 1.54) is 105 Å². The van der Waals surface area contributed by atoms with Crippen LogP contribution in [0, 0.1) is 0 Å². The van der Waals surface area contributed by atoms with Gasteiger partial charge in [-0.3, -0.25) is 0 Å². The minimum Gasteiger partial charge on any atom is -0.310 e. The zero-order chi connectivity index (χ0) is 49.5. The molecular formula is C72H57N. The summed E-state index contributed by atoms with van der Waals surface area (Å²) in [5, 5.41) is 2.43. The van der Waals surface area contributed by atoms with Gasteiger partial charge in [0.15, 0.2) is 0 Å². The Kier molecular flexibility index (Phi) is 10.4. The Balaban J connectivity index is 1.00. The van der Waals surface area contributed by atoms with Crippen LogP contribution >= 0.6 is 0 Å². The zero-order valence-electron chi connectivity index (χ0n) is 42.2. The molecule has 0 aromatic heterocycles. The molecule has 0 unspecified atom stereocenters. The topological polar surface area (TPSA) is 3.24 Å². The van der Waals surface area contributed by atoms with Gasteiger partial charge in [0.05, 0.1) is 11.1 Å². The second kappa shape index (κ2) is 17.1. The smallest absolute Gasteiger partial charge is 0.0713 e. The molecule has 0 radical (unpaired) electrons. The third-order valence-electron chi connectivity index (χ3n) is 16.1. The van der Waals surface area contributed by atoms with Gasteiger partial charge in [-0.25, -0.2) is 0 Å². The van der Waals surface area contributed by atoms with Crippen LogP contribution in [0.2, 0.25) is 0 Å². The van der Waals surface area contributed by atoms with Crippen LogP contribution in [0.15, 0.2) is 255 Å². The molecule has 0 amide bonds. The van der Waals surface area contributed by atoms with Crippen molar-refractivity contribution < 1.29 is 0 Å². The average molecular weight is 936 g/mol. The highest BCUT2D eigenvalue weighted by Gasteiger charge is 2.46. The lowest BCUT2D eigenvalue weighted by molar-refractivity contribution is 0.590. The summed E-state index contributed by atoms with van der Waals surface area (Å²) >= 11 is 0. The summed E-state index contributed by atoms with van der Waals surface area (Å²) in [5.74, 6) is 0. The maximum atomic E-state index is 2.51. The summed E-state index contributed by atoms with van der Waals surface area (Å²) in [6, 6.07) is 95.5. The maximum absolute atomic E-state index is 2.51. The number of fused-ring (bicyclic) bond motifs is 7. The van der Waals surface area contributed by atoms with Gasteiger partial charge in [-0.1, -0.05) is 253 Å². The van der Waals surface area contributed by atoms with Gasteiger partial charge < -0.3 is 4.90 Å². The minimum absolute atomic E-state index is 0.0900. The Hall–Kier alpha value is -8.52. The molecule has 73 heavy (non-hydrogen) atoms. The van der Waals surface area contributed by atoms with Crippen molar-refractivity contribution in [2.45, 2.75) is 50.9 Å². The standard InChI is InChI=1S/C72H57N/c1-70(2,3)54-38-32-50(33-39-54)48-28-30-49(31-29-48)51-34-40-57(41-35-51)73(58-42-44-67-63(47-58)61-25-15-17-27-66(61)72(67,55-19-8-6-9-20-55)56-21-10-7-11-22-56)68-45-37-52-18-12-13-23-59(52)69(68)53-36-43-65-62(46-53)60-24-14-16-26-64(60)71(65,4)5/h6-47H,1-5H3. The Bertz CT molecular complexity index is 3830. The predicted octanol–water partition coefficient (Wildman–Crippen LogP) is 19.3. The van der Waals surface area contributed by atoms with E-state index in [-0.39, 0.29) is 10.8 Å². The first-order chi connectivity index (χ1) is 35.6. The lowest BCUT2D eigenvalue weighted by Gasteiger charge is -2.34. The van der Waals surface area contributed by atoms with Gasteiger partial charge >= 0.3 is 0 Å². The van der Waals surface area contributed by atoms with Crippen LogP contribution in [0.4, 0.5) is 17.1 Å². The second-order valence-corrected chi connectivity index (χ2v) is 21.7. The highest BCUT2D eigenvalue weighted by Crippen LogP contribution is 2.58. The van der Waals surface area contributed by atoms with Crippen LogP contribution in [0.25, 0.3) is 66.4 Å². The van der Waals surface area contributed by atoms with E-state index in [2.05, 4.69) is 294 Å². The second-order valence-electron chi connectivity index (χ2n) is 21.7. The fourth-order valence-electron chi connectivity index (χ4n) is 12.4. The summed E-state index contributed by atoms with van der Waals surface area (Å²) in [7, 11) is 0. The van der Waals surface area contributed by atoms with Crippen LogP contribution in [0.3, 0.4) is 0 Å². The fourth-order valence-corrected chi connectivity index (χ4v) is 12.4. The van der Waals surface area contributed by atoms with E-state index >= 15 is 0 Å². The molecule has 0 saturated heterocycles. The summed E-state index contributed by atoms with van der Waals surface area (Å²) in [4.78, 5) is 2.51. The quantitative estimate of drug-likeness (QED) is 0.147. The van der Waals surface area contributed by atoms with E-state index in [9.17, 15) is 0 Å². The van der Waals surface area contributed by atoms with Crippen molar-refractivity contribution in [2.24, 2.45) is 0 Å². The Morgan fingerprint density at radius 1 is 0.342 bits per heavy atom. The molecule has 0 aliphatic heterocycles. The third kappa shape index (κ3) is 7.13. The first-order valence-corrected chi connectivity index (χ1v) is 25.8. The molecule has 0 N–H and O–H groups in total. The SMILES string of the molecule is CC(C)(C)c1ccc(-c2ccc(-c3ccc(N(c4ccc5c(c4)-c4ccccc4C5(c4ccccc4)c4ccccc4)c4ccc5ccccc5c4-c4ccc5c(c4)-c4ccccc4C5(C)C)cc3)cc2)cc1. The van der Waals surface area contributed by atoms with Crippen molar-refractivity contribution in [2.75, 3.05) is 4.90 Å². The van der Waals surface area contributed by atoms with Crippen LogP contribution in [0.1, 0.15) is 73.6 Å². The number of hydrogen-bond acceptors (Lipinski definition) is 1. The molecule has 11 aromatic rings. The van der Waals surface area contributed by atoms with Crippen LogP contribution in [0.5, 0.6) is 0 Å². The Labute approximate surface area is 430 Å². The van der Waals surface area contributed by atoms with Crippen molar-refractivity contribution in [3.63, 3.8) is 0 Å². The highest BCUT2D eigenvalue weighted by molar-refractivity contribution is 6.06. The van der Waals surface area contributed by atoms with Crippen LogP contribution < -0.4 is 4.90 Å². The van der Waals surface area contributed by atoms with Gasteiger partial charge in [0.2, 0.25) is 0 Å². The van der Waals surface area contributed by atoms with E-state index < -0.39 is 5.41 Å². The molecule has 0 fully saturated rings. The van der Waals surface area contributed by atoms with Crippen molar-refractivity contribution in [3.05, 3.63) is 294 Å². The van der Waals surface area contributed by atoms with Crippen LogP contribution in [-0.4, -0.2) is 0 Å². The first kappa shape index (κ1) is 44.4. The van der Waals surface area contributed by atoms with Crippen molar-refractivity contribution in [1.29, 1.82) is 0 Å². The molecule has 1 nitrogen and oxygen atoms in total. The van der Waals surface area contributed by atoms with Gasteiger partial charge in [0, 0.05) is 22.4 Å². The first-order valence-electron chi connectivity index (χ1n) is 25.8. The fraction of sp³-hybridized carbons (Fsp3) is 0.111. The molecule has 1 heteroatoms. The molecule has 0 heterocycles. The van der Waals surface area contributed by atoms with Crippen molar-refractivity contribution in [1.82, 2.24) is 0 Å². The van der Waals surface area contributed by atoms with Gasteiger partial charge in [-0.2, -0.15) is 0 Å². The monoisotopic (exact) mass is 935 g/mol. The summed E-state index contributed by atoms with van der Waals surface area (Å²) < 4.78 is 0. The van der Waals surface area contributed by atoms with E-state index in [0.717, 1.165) is 17.1 Å². The van der Waals surface area contributed by atoms with Crippen molar-refractivity contribution >= 4 is 27.8 Å². The van der Waals surface area contributed by atoms with Crippen LogP contribution in [-0.2, 0) is 16.2 Å². The third-order valence-corrected chi connectivity index (χ3v) is 16.1. The largest absolute Gasteiger partial charge is 0.310 e. The lowest BCUT2D eigenvalue weighted by atomic mass is 9.68. The van der Waals surface area contributed by atoms with Gasteiger partial charge in [-0.05, 0) is 142 Å². The number of rotatable bonds is 8. The number of hydrogen-bond donors (Lipinski definition) is 0. The van der Waals surface area contributed by atoms with E-state index in [1.54, 1.807) is 0 Å². The molecule has 13 rings (SSSR count). The zero-order valence-corrected chi connectivity index (χ0v) is 42.2. The molecule has 0 spiro atoms. The molecule has 0 atom stereocenters. The summed E-state index contributed by atoms with van der Waals surface area (Å²) in [6.45, 7) is 11.5. The van der Waals surface area contributed by atoms with E-state index in [4.69, 9.17) is 0 Å². The normalized spacial score (nSPS) is 13.8. The van der Waals surface area contributed by atoms with Gasteiger partial charge in [-0.15, -0.1) is 0 Å². The Morgan fingerprint density at radius 3 is 1.42 bits per heavy atom. The van der Waals surface area contributed by atoms with Gasteiger partial charge in [0.1, 0.15) is 0 Å². The predicted molar refractivity (Wildman–Crippen MR) is 309 cm³/mol. The summed E-state index contributed by atoms with van der Waals surface area (Å²) in [6.07, 6.45) is 0. The van der Waals surface area contributed by atoms with E-state index in [1.807, 2.05) is 0 Å². The lowest BCUT2D eigenvalue weighted by Crippen LogP contribution is -2.28. The molecule has 2 aliphatic carbocycles. The molecule has 2 aliphatic rings. The molecule has 0 saturated carbocycles. The maximum Gasteiger partial charge on any atom is 0.0713 e. The minimum atomic E-state index is -0.493. The van der Waals surface area contributed by atoms with Crippen molar-refractivity contribution in [3.8, 4) is 55.6 Å². The molecule has 11 aromatic carbocycles.